The summed E-state index contributed by atoms with van der Waals surface area (Å²) in [5.41, 5.74) is 7.50. The van der Waals surface area contributed by atoms with Gasteiger partial charge in [-0.2, -0.15) is 5.26 Å². The molecule has 2 aromatic rings. The number of hydrogen-bond donors (Lipinski definition) is 2. The summed E-state index contributed by atoms with van der Waals surface area (Å²) in [4.78, 5) is 13.4. The fraction of sp³-hybridized carbons (Fsp3) is 0.200. The SMILES string of the molecule is N#CC(N)Cc1ccc2[nH]c(=O)oc2c1. The third-order valence-corrected chi connectivity index (χ3v) is 2.11. The molecule has 0 aliphatic heterocycles. The van der Waals surface area contributed by atoms with Crippen LogP contribution in [0, 0.1) is 11.3 Å². The van der Waals surface area contributed by atoms with Crippen LogP contribution >= 0.6 is 0 Å². The van der Waals surface area contributed by atoms with Crippen molar-refractivity contribution in [3.8, 4) is 6.07 Å². The van der Waals surface area contributed by atoms with Crippen LogP contribution in [-0.2, 0) is 6.42 Å². The molecule has 15 heavy (non-hydrogen) atoms. The Morgan fingerprint density at radius 2 is 2.40 bits per heavy atom. The molecule has 1 atom stereocenters. The Labute approximate surface area is 85.1 Å². The number of nitrogens with zero attached hydrogens (tertiary/aromatic N) is 1. The van der Waals surface area contributed by atoms with Crippen molar-refractivity contribution in [2.75, 3.05) is 0 Å². The molecule has 5 nitrogen and oxygen atoms in total. The average Bonchev–Trinajstić information content (AvgIpc) is 2.57. The number of fused-ring (bicyclic) bond motifs is 1. The minimum absolute atomic E-state index is 0.446. The fourth-order valence-electron chi connectivity index (χ4n) is 1.42. The van der Waals surface area contributed by atoms with E-state index in [1.807, 2.05) is 12.1 Å². The Kier molecular flexibility index (Phi) is 2.27. The average molecular weight is 203 g/mol. The monoisotopic (exact) mass is 203 g/mol. The normalized spacial score (nSPS) is 12.5. The molecular formula is C10H9N3O2. The van der Waals surface area contributed by atoms with Crippen molar-refractivity contribution < 1.29 is 4.42 Å². The molecule has 0 fully saturated rings. The highest BCUT2D eigenvalue weighted by Gasteiger charge is 2.05. The zero-order valence-corrected chi connectivity index (χ0v) is 7.86. The number of aromatic amines is 1. The summed E-state index contributed by atoms with van der Waals surface area (Å²) in [7, 11) is 0. The van der Waals surface area contributed by atoms with Crippen LogP contribution in [0.2, 0.25) is 0 Å². The summed E-state index contributed by atoms with van der Waals surface area (Å²) in [6, 6.07) is 6.67. The van der Waals surface area contributed by atoms with Crippen LogP contribution in [0.1, 0.15) is 5.56 Å². The van der Waals surface area contributed by atoms with E-state index in [1.165, 1.54) is 0 Å². The van der Waals surface area contributed by atoms with E-state index in [4.69, 9.17) is 15.4 Å². The van der Waals surface area contributed by atoms with E-state index in [9.17, 15) is 4.79 Å². The van der Waals surface area contributed by atoms with Gasteiger partial charge in [-0.25, -0.2) is 4.79 Å². The van der Waals surface area contributed by atoms with E-state index < -0.39 is 11.8 Å². The number of nitriles is 1. The molecule has 0 radical (unpaired) electrons. The van der Waals surface area contributed by atoms with Crippen molar-refractivity contribution in [3.05, 3.63) is 34.3 Å². The number of rotatable bonds is 2. The molecule has 1 heterocycles. The summed E-state index contributed by atoms with van der Waals surface area (Å²) in [6.45, 7) is 0. The van der Waals surface area contributed by atoms with Gasteiger partial charge in [0.25, 0.3) is 0 Å². The second kappa shape index (κ2) is 3.59. The Hall–Kier alpha value is -2.06. The van der Waals surface area contributed by atoms with Gasteiger partial charge >= 0.3 is 5.76 Å². The molecular weight excluding hydrogens is 194 g/mol. The third-order valence-electron chi connectivity index (χ3n) is 2.11. The minimum Gasteiger partial charge on any atom is -0.408 e. The lowest BCUT2D eigenvalue weighted by Gasteiger charge is -2.01. The molecule has 1 unspecified atom stereocenters. The van der Waals surface area contributed by atoms with E-state index in [0.717, 1.165) is 5.56 Å². The van der Waals surface area contributed by atoms with E-state index >= 15 is 0 Å². The fourth-order valence-corrected chi connectivity index (χ4v) is 1.42. The number of aromatic nitrogens is 1. The molecule has 0 bridgehead atoms. The molecule has 76 valence electrons. The maximum absolute atomic E-state index is 10.9. The van der Waals surface area contributed by atoms with Gasteiger partial charge in [0.15, 0.2) is 5.58 Å². The lowest BCUT2D eigenvalue weighted by molar-refractivity contribution is 0.555. The predicted molar refractivity (Wildman–Crippen MR) is 54.1 cm³/mol. The highest BCUT2D eigenvalue weighted by molar-refractivity contribution is 5.72. The zero-order valence-electron chi connectivity index (χ0n) is 7.86. The molecule has 2 rings (SSSR count). The molecule has 0 saturated carbocycles. The molecule has 0 saturated heterocycles. The van der Waals surface area contributed by atoms with Crippen LogP contribution in [0.4, 0.5) is 0 Å². The van der Waals surface area contributed by atoms with Crippen LogP contribution in [-0.4, -0.2) is 11.0 Å². The van der Waals surface area contributed by atoms with E-state index in [2.05, 4.69) is 4.98 Å². The van der Waals surface area contributed by atoms with E-state index in [-0.39, 0.29) is 0 Å². The van der Waals surface area contributed by atoms with Gasteiger partial charge in [-0.15, -0.1) is 0 Å². The Morgan fingerprint density at radius 3 is 3.13 bits per heavy atom. The molecule has 3 N–H and O–H groups in total. The third kappa shape index (κ3) is 1.90. The van der Waals surface area contributed by atoms with Crippen molar-refractivity contribution in [2.45, 2.75) is 12.5 Å². The lowest BCUT2D eigenvalue weighted by Crippen LogP contribution is -2.19. The number of hydrogen-bond acceptors (Lipinski definition) is 4. The van der Waals surface area contributed by atoms with Gasteiger partial charge in [-0.3, -0.25) is 4.98 Å². The molecule has 0 aliphatic rings. The zero-order chi connectivity index (χ0) is 10.8. The van der Waals surface area contributed by atoms with Crippen molar-refractivity contribution in [1.82, 2.24) is 4.98 Å². The summed E-state index contributed by atoms with van der Waals surface area (Å²) in [5, 5.41) is 8.56. The maximum Gasteiger partial charge on any atom is 0.417 e. The van der Waals surface area contributed by atoms with Crippen LogP contribution in [0.15, 0.2) is 27.4 Å². The quantitative estimate of drug-likeness (QED) is 0.743. The van der Waals surface area contributed by atoms with Gasteiger partial charge in [0.1, 0.15) is 0 Å². The second-order valence-corrected chi connectivity index (χ2v) is 3.28. The van der Waals surface area contributed by atoms with Gasteiger partial charge in [-0.05, 0) is 17.7 Å². The number of nitrogens with one attached hydrogen (secondary N) is 1. The van der Waals surface area contributed by atoms with Crippen LogP contribution in [0.5, 0.6) is 0 Å². The van der Waals surface area contributed by atoms with Gasteiger partial charge in [0.2, 0.25) is 0 Å². The molecule has 0 aliphatic carbocycles. The second-order valence-electron chi connectivity index (χ2n) is 3.28. The lowest BCUT2D eigenvalue weighted by atomic mass is 10.1. The maximum atomic E-state index is 10.9. The summed E-state index contributed by atoms with van der Waals surface area (Å²) >= 11 is 0. The van der Waals surface area contributed by atoms with Crippen LogP contribution in [0.3, 0.4) is 0 Å². The largest absolute Gasteiger partial charge is 0.417 e. The first-order valence-corrected chi connectivity index (χ1v) is 4.46. The number of nitrogens with two attached hydrogens (primary N) is 1. The van der Waals surface area contributed by atoms with Gasteiger partial charge in [-0.1, -0.05) is 6.07 Å². The highest BCUT2D eigenvalue weighted by Crippen LogP contribution is 2.13. The first-order chi connectivity index (χ1) is 7.19. The molecule has 0 amide bonds. The van der Waals surface area contributed by atoms with Crippen molar-refractivity contribution in [1.29, 1.82) is 5.26 Å². The summed E-state index contributed by atoms with van der Waals surface area (Å²) in [6.07, 6.45) is 0.446. The number of benzene rings is 1. The Bertz CT molecular complexity index is 576. The van der Waals surface area contributed by atoms with E-state index in [1.54, 1.807) is 12.1 Å². The van der Waals surface area contributed by atoms with Gasteiger partial charge in [0.05, 0.1) is 17.6 Å². The predicted octanol–water partition coefficient (Wildman–Crippen LogP) is 0.514. The molecule has 0 spiro atoms. The minimum atomic E-state index is -0.534. The van der Waals surface area contributed by atoms with Crippen LogP contribution in [0.25, 0.3) is 11.1 Å². The van der Waals surface area contributed by atoms with E-state index in [0.29, 0.717) is 17.5 Å². The molecule has 5 heteroatoms. The Morgan fingerprint density at radius 1 is 1.60 bits per heavy atom. The van der Waals surface area contributed by atoms with Gasteiger partial charge in [0, 0.05) is 6.42 Å². The first kappa shape index (κ1) is 9.49. The first-order valence-electron chi connectivity index (χ1n) is 4.46. The smallest absolute Gasteiger partial charge is 0.408 e. The van der Waals surface area contributed by atoms with Gasteiger partial charge < -0.3 is 10.2 Å². The number of H-pyrrole nitrogens is 1. The van der Waals surface area contributed by atoms with Crippen molar-refractivity contribution >= 4 is 11.1 Å². The summed E-state index contributed by atoms with van der Waals surface area (Å²) < 4.78 is 4.89. The standard InChI is InChI=1S/C10H9N3O2/c11-5-7(12)3-6-1-2-8-9(4-6)15-10(14)13-8/h1-2,4,7H,3,12H2,(H,13,14). The van der Waals surface area contributed by atoms with Crippen molar-refractivity contribution in [3.63, 3.8) is 0 Å². The topological polar surface area (TPSA) is 95.8 Å². The van der Waals surface area contributed by atoms with Crippen LogP contribution < -0.4 is 11.5 Å². The highest BCUT2D eigenvalue weighted by atomic mass is 16.4. The summed E-state index contributed by atoms with van der Waals surface area (Å²) in [5.74, 6) is -0.480. The van der Waals surface area contributed by atoms with Crippen molar-refractivity contribution in [2.24, 2.45) is 5.73 Å². The molecule has 1 aromatic heterocycles. The molecule has 1 aromatic carbocycles. The Balaban J connectivity index is 2.39. The number of oxazole rings is 1.